The number of carbonyl (C=O) groups is 2. The Hall–Kier alpha value is -1.40. The van der Waals surface area contributed by atoms with Crippen LogP contribution in [0.4, 0.5) is 4.79 Å². The molecule has 2 aliphatic rings. The molecule has 0 bridgehead atoms. The topological polar surface area (TPSA) is 61.4 Å². The molecule has 1 atom stereocenters. The minimum atomic E-state index is -0.389. The monoisotopic (exact) mass is 335 g/mol. The Kier molecular flexibility index (Phi) is 5.02. The summed E-state index contributed by atoms with van der Waals surface area (Å²) in [5.41, 5.74) is 1.40. The van der Waals surface area contributed by atoms with Crippen LogP contribution in [0, 0.1) is 11.8 Å². The first-order valence-electron chi connectivity index (χ1n) is 8.42. The molecule has 1 aliphatic carbocycles. The van der Waals surface area contributed by atoms with Crippen molar-refractivity contribution in [2.75, 3.05) is 19.6 Å². The van der Waals surface area contributed by atoms with Gasteiger partial charge < -0.3 is 5.32 Å². The van der Waals surface area contributed by atoms with Gasteiger partial charge in [-0.05, 0) is 48.1 Å². The van der Waals surface area contributed by atoms with E-state index in [2.05, 4.69) is 27.0 Å². The first-order chi connectivity index (χ1) is 11.0. The van der Waals surface area contributed by atoms with Gasteiger partial charge >= 0.3 is 6.03 Å². The lowest BCUT2D eigenvalue weighted by molar-refractivity contribution is -0.122. The first kappa shape index (κ1) is 16.5. The Morgan fingerprint density at radius 1 is 1.39 bits per heavy atom. The summed E-state index contributed by atoms with van der Waals surface area (Å²) < 4.78 is 0. The summed E-state index contributed by atoms with van der Waals surface area (Å²) in [4.78, 5) is 27.6. The van der Waals surface area contributed by atoms with Gasteiger partial charge in [-0.2, -0.15) is 0 Å². The highest BCUT2D eigenvalue weighted by molar-refractivity contribution is 7.10. The van der Waals surface area contributed by atoms with Gasteiger partial charge in [0.15, 0.2) is 0 Å². The Balaban J connectivity index is 1.57. The van der Waals surface area contributed by atoms with Crippen LogP contribution in [0.1, 0.15) is 43.2 Å². The number of fused-ring (bicyclic) bond motifs is 1. The third-order valence-electron chi connectivity index (χ3n) is 4.46. The number of imide groups is 1. The van der Waals surface area contributed by atoms with Crippen molar-refractivity contribution in [3.63, 3.8) is 0 Å². The number of amides is 3. The molecule has 0 unspecified atom stereocenters. The summed E-state index contributed by atoms with van der Waals surface area (Å²) in [6, 6.07) is 2.18. The molecule has 0 spiro atoms. The van der Waals surface area contributed by atoms with Crippen LogP contribution in [0.2, 0.25) is 0 Å². The second kappa shape index (κ2) is 7.01. The predicted octanol–water partition coefficient (Wildman–Crippen LogP) is 2.54. The van der Waals surface area contributed by atoms with Crippen molar-refractivity contribution in [3.05, 3.63) is 21.9 Å². The van der Waals surface area contributed by atoms with Crippen LogP contribution in [0.25, 0.3) is 0 Å². The Labute approximate surface area is 141 Å². The highest BCUT2D eigenvalue weighted by atomic mass is 32.1. The van der Waals surface area contributed by atoms with Gasteiger partial charge in [0.2, 0.25) is 5.91 Å². The van der Waals surface area contributed by atoms with Gasteiger partial charge in [-0.3, -0.25) is 15.0 Å². The second-order valence-electron chi connectivity index (χ2n) is 6.95. The van der Waals surface area contributed by atoms with Crippen LogP contribution in [-0.2, 0) is 11.2 Å². The van der Waals surface area contributed by atoms with Gasteiger partial charge in [0, 0.05) is 24.0 Å². The van der Waals surface area contributed by atoms with E-state index in [0.29, 0.717) is 31.0 Å². The molecule has 2 N–H and O–H groups in total. The summed E-state index contributed by atoms with van der Waals surface area (Å²) in [5.74, 6) is 0.830. The quantitative estimate of drug-likeness (QED) is 0.869. The zero-order chi connectivity index (χ0) is 16.4. The zero-order valence-corrected chi connectivity index (χ0v) is 14.6. The summed E-state index contributed by atoms with van der Waals surface area (Å²) >= 11 is 1.82. The lowest BCUT2D eigenvalue weighted by Crippen LogP contribution is -2.47. The second-order valence-corrected chi connectivity index (χ2v) is 7.95. The van der Waals surface area contributed by atoms with Crippen LogP contribution in [0.3, 0.4) is 0 Å². The molecule has 1 saturated carbocycles. The van der Waals surface area contributed by atoms with Crippen molar-refractivity contribution in [3.8, 4) is 0 Å². The van der Waals surface area contributed by atoms with Crippen molar-refractivity contribution in [2.45, 2.75) is 39.2 Å². The molecule has 2 heterocycles. The number of rotatable bonds is 5. The van der Waals surface area contributed by atoms with Crippen molar-refractivity contribution in [1.29, 1.82) is 0 Å². The predicted molar refractivity (Wildman–Crippen MR) is 91.4 cm³/mol. The lowest BCUT2D eigenvalue weighted by Gasteiger charge is -2.35. The zero-order valence-electron chi connectivity index (χ0n) is 13.8. The van der Waals surface area contributed by atoms with E-state index in [1.54, 1.807) is 0 Å². The maximum Gasteiger partial charge on any atom is 0.321 e. The molecule has 0 radical (unpaired) electrons. The number of urea groups is 1. The summed E-state index contributed by atoms with van der Waals surface area (Å²) in [5, 5.41) is 7.33. The van der Waals surface area contributed by atoms with Gasteiger partial charge in [0.1, 0.15) is 0 Å². The van der Waals surface area contributed by atoms with Crippen LogP contribution < -0.4 is 10.6 Å². The minimum absolute atomic E-state index is 0.212. The fourth-order valence-corrected chi connectivity index (χ4v) is 4.14. The number of hydrogen-bond donors (Lipinski definition) is 2. The van der Waals surface area contributed by atoms with E-state index in [-0.39, 0.29) is 11.9 Å². The van der Waals surface area contributed by atoms with Crippen LogP contribution in [-0.4, -0.2) is 36.5 Å². The molecular formula is C17H25N3O2S. The van der Waals surface area contributed by atoms with Crippen molar-refractivity contribution < 1.29 is 9.59 Å². The number of hydrogen-bond acceptors (Lipinski definition) is 4. The van der Waals surface area contributed by atoms with Gasteiger partial charge in [-0.15, -0.1) is 11.3 Å². The number of nitrogens with zero attached hydrogens (tertiary/aromatic N) is 1. The van der Waals surface area contributed by atoms with E-state index >= 15 is 0 Å². The Morgan fingerprint density at radius 2 is 2.17 bits per heavy atom. The maximum atomic E-state index is 12.2. The van der Waals surface area contributed by atoms with E-state index in [0.717, 1.165) is 13.0 Å². The number of nitrogens with one attached hydrogen (secondary N) is 2. The molecule has 6 heteroatoms. The molecule has 3 amide bonds. The van der Waals surface area contributed by atoms with E-state index in [4.69, 9.17) is 0 Å². The SMILES string of the molecule is CC(C)CNC(=O)NC(=O)CN1CCc2sccc2[C@H]1C1CC1. The molecular weight excluding hydrogens is 310 g/mol. The third kappa shape index (κ3) is 4.12. The van der Waals surface area contributed by atoms with Crippen molar-refractivity contribution in [1.82, 2.24) is 15.5 Å². The minimum Gasteiger partial charge on any atom is -0.338 e. The largest absolute Gasteiger partial charge is 0.338 e. The van der Waals surface area contributed by atoms with Crippen LogP contribution in [0.15, 0.2) is 11.4 Å². The first-order valence-corrected chi connectivity index (χ1v) is 9.30. The van der Waals surface area contributed by atoms with E-state index in [9.17, 15) is 9.59 Å². The van der Waals surface area contributed by atoms with Gasteiger partial charge in [-0.25, -0.2) is 4.79 Å². The average Bonchev–Trinajstić information content (AvgIpc) is 3.21. The summed E-state index contributed by atoms with van der Waals surface area (Å²) in [6.45, 7) is 5.82. The van der Waals surface area contributed by atoms with E-state index in [1.807, 2.05) is 25.2 Å². The van der Waals surface area contributed by atoms with Gasteiger partial charge in [0.05, 0.1) is 6.54 Å². The molecule has 0 saturated heterocycles. The van der Waals surface area contributed by atoms with E-state index in [1.165, 1.54) is 23.3 Å². The van der Waals surface area contributed by atoms with Crippen molar-refractivity contribution in [2.24, 2.45) is 11.8 Å². The molecule has 3 rings (SSSR count). The molecule has 1 aliphatic heterocycles. The fourth-order valence-electron chi connectivity index (χ4n) is 3.23. The summed E-state index contributed by atoms with van der Waals surface area (Å²) in [6.07, 6.45) is 3.49. The van der Waals surface area contributed by atoms with Crippen LogP contribution >= 0.6 is 11.3 Å². The molecule has 23 heavy (non-hydrogen) atoms. The molecule has 126 valence electrons. The standard InChI is InChI=1S/C17H25N3O2S/c1-11(2)9-18-17(22)19-15(21)10-20-7-5-14-13(6-8-23-14)16(20)12-3-4-12/h6,8,11-12,16H,3-5,7,9-10H2,1-2H3,(H2,18,19,21,22)/t16-/m1/s1. The molecule has 1 fully saturated rings. The normalized spacial score (nSPS) is 21.1. The molecule has 5 nitrogen and oxygen atoms in total. The Bertz CT molecular complexity index is 580. The van der Waals surface area contributed by atoms with Gasteiger partial charge in [-0.1, -0.05) is 13.8 Å². The van der Waals surface area contributed by atoms with E-state index < -0.39 is 0 Å². The molecule has 1 aromatic heterocycles. The third-order valence-corrected chi connectivity index (χ3v) is 5.45. The summed E-state index contributed by atoms with van der Waals surface area (Å²) in [7, 11) is 0. The van der Waals surface area contributed by atoms with Gasteiger partial charge in [0.25, 0.3) is 0 Å². The maximum absolute atomic E-state index is 12.2. The Morgan fingerprint density at radius 3 is 2.87 bits per heavy atom. The lowest BCUT2D eigenvalue weighted by atomic mass is 9.96. The smallest absolute Gasteiger partial charge is 0.321 e. The molecule has 0 aromatic carbocycles. The fraction of sp³-hybridized carbons (Fsp3) is 0.647. The highest BCUT2D eigenvalue weighted by Crippen LogP contribution is 2.48. The molecule has 1 aromatic rings. The average molecular weight is 335 g/mol. The van der Waals surface area contributed by atoms with Crippen molar-refractivity contribution >= 4 is 23.3 Å². The number of carbonyl (C=O) groups excluding carboxylic acids is 2. The highest BCUT2D eigenvalue weighted by Gasteiger charge is 2.40. The van der Waals surface area contributed by atoms with Crippen LogP contribution in [0.5, 0.6) is 0 Å². The number of thiophene rings is 1.